The van der Waals surface area contributed by atoms with Gasteiger partial charge in [-0.2, -0.15) is 5.10 Å². The van der Waals surface area contributed by atoms with Gasteiger partial charge in [-0.1, -0.05) is 19.9 Å². The number of nitrogens with two attached hydrogens (primary N) is 1. The highest BCUT2D eigenvalue weighted by Crippen LogP contribution is 2.41. The molecule has 0 aliphatic rings. The molecule has 3 N–H and O–H groups in total. The van der Waals surface area contributed by atoms with E-state index in [1.165, 1.54) is 6.07 Å². The van der Waals surface area contributed by atoms with Crippen LogP contribution in [0.3, 0.4) is 0 Å². The molecule has 0 aliphatic heterocycles. The van der Waals surface area contributed by atoms with Gasteiger partial charge in [-0.3, -0.25) is 14.9 Å². The minimum atomic E-state index is -1.30. The number of amides is 1. The summed E-state index contributed by atoms with van der Waals surface area (Å²) >= 11 is 0. The van der Waals surface area contributed by atoms with Crippen LogP contribution in [0.5, 0.6) is 0 Å². The Hall–Kier alpha value is -2.76. The van der Waals surface area contributed by atoms with Crippen molar-refractivity contribution in [3.8, 4) is 0 Å². The quantitative estimate of drug-likeness (QED) is 0.776. The molecule has 1 atom stereocenters. The Bertz CT molecular complexity index is 859. The number of H-pyrrole nitrogens is 1. The van der Waals surface area contributed by atoms with Gasteiger partial charge in [-0.25, -0.2) is 4.39 Å². The summed E-state index contributed by atoms with van der Waals surface area (Å²) in [7, 11) is 0. The molecule has 6 heteroatoms. The third-order valence-corrected chi connectivity index (χ3v) is 4.32. The van der Waals surface area contributed by atoms with Gasteiger partial charge in [-0.05, 0) is 29.7 Å². The molecule has 2 heterocycles. The molecule has 0 aliphatic carbocycles. The third-order valence-electron chi connectivity index (χ3n) is 4.32. The van der Waals surface area contributed by atoms with Crippen LogP contribution in [0.15, 0.2) is 42.9 Å². The summed E-state index contributed by atoms with van der Waals surface area (Å²) in [4.78, 5) is 16.6. The van der Waals surface area contributed by atoms with E-state index < -0.39 is 17.1 Å². The highest BCUT2D eigenvalue weighted by Gasteiger charge is 2.45. The molecule has 3 aromatic rings. The molecule has 5 nitrogen and oxygen atoms in total. The van der Waals surface area contributed by atoms with Crippen LogP contribution in [0.1, 0.15) is 25.0 Å². The standard InChI is InChI=1S/C17H17FN4O/c1-10(2)17(16(19)23,12-4-3-5-20-9-12)13-6-11-8-21-22-15(11)7-14(13)18/h3-10H,1-2H3,(H2,19,23)(H,21,22). The lowest BCUT2D eigenvalue weighted by atomic mass is 9.66. The zero-order valence-electron chi connectivity index (χ0n) is 12.9. The largest absolute Gasteiger partial charge is 0.369 e. The van der Waals surface area contributed by atoms with Crippen LogP contribution < -0.4 is 5.73 Å². The van der Waals surface area contributed by atoms with E-state index in [-0.39, 0.29) is 11.5 Å². The topological polar surface area (TPSA) is 84.7 Å². The van der Waals surface area contributed by atoms with E-state index in [1.54, 1.807) is 36.8 Å². The van der Waals surface area contributed by atoms with Crippen LogP contribution in [-0.2, 0) is 10.2 Å². The lowest BCUT2D eigenvalue weighted by Gasteiger charge is -2.35. The first-order chi connectivity index (χ1) is 11.0. The molecule has 118 valence electrons. The van der Waals surface area contributed by atoms with Crippen LogP contribution in [0.25, 0.3) is 10.9 Å². The monoisotopic (exact) mass is 312 g/mol. The number of pyridine rings is 1. The third kappa shape index (κ3) is 2.18. The molecule has 0 saturated carbocycles. The van der Waals surface area contributed by atoms with E-state index >= 15 is 0 Å². The van der Waals surface area contributed by atoms with Gasteiger partial charge in [0.2, 0.25) is 5.91 Å². The van der Waals surface area contributed by atoms with Crippen molar-refractivity contribution in [1.29, 1.82) is 0 Å². The lowest BCUT2D eigenvalue weighted by molar-refractivity contribution is -0.123. The Morgan fingerprint density at radius 3 is 2.74 bits per heavy atom. The lowest BCUT2D eigenvalue weighted by Crippen LogP contribution is -2.47. The molecule has 0 bridgehead atoms. The number of rotatable bonds is 4. The molecule has 2 aromatic heterocycles. The average molecular weight is 312 g/mol. The summed E-state index contributed by atoms with van der Waals surface area (Å²) in [5.74, 6) is -1.37. The number of benzene rings is 1. The number of carbonyl (C=O) groups is 1. The first kappa shape index (κ1) is 15.1. The van der Waals surface area contributed by atoms with E-state index in [1.807, 2.05) is 13.8 Å². The van der Waals surface area contributed by atoms with E-state index in [9.17, 15) is 9.18 Å². The van der Waals surface area contributed by atoms with Crippen LogP contribution >= 0.6 is 0 Å². The summed E-state index contributed by atoms with van der Waals surface area (Å²) in [6.45, 7) is 3.69. The number of primary amides is 1. The maximum absolute atomic E-state index is 14.8. The fourth-order valence-electron chi connectivity index (χ4n) is 3.22. The molecular formula is C17H17FN4O. The molecule has 1 aromatic carbocycles. The van der Waals surface area contributed by atoms with Crippen LogP contribution in [0.4, 0.5) is 4.39 Å². The van der Waals surface area contributed by atoms with Gasteiger partial charge in [0.25, 0.3) is 0 Å². The van der Waals surface area contributed by atoms with Gasteiger partial charge in [0.05, 0.1) is 11.7 Å². The van der Waals surface area contributed by atoms with Crippen molar-refractivity contribution in [2.75, 3.05) is 0 Å². The van der Waals surface area contributed by atoms with Gasteiger partial charge in [-0.15, -0.1) is 0 Å². The summed E-state index contributed by atoms with van der Waals surface area (Å²) in [6, 6.07) is 6.43. The van der Waals surface area contributed by atoms with Crippen LogP contribution in [-0.4, -0.2) is 21.1 Å². The number of nitrogens with zero attached hydrogens (tertiary/aromatic N) is 2. The molecule has 0 saturated heterocycles. The smallest absolute Gasteiger partial charge is 0.232 e. The molecular weight excluding hydrogens is 295 g/mol. The number of carbonyl (C=O) groups excluding carboxylic acids is 1. The maximum atomic E-state index is 14.8. The number of aromatic nitrogens is 3. The number of hydrogen-bond acceptors (Lipinski definition) is 3. The minimum absolute atomic E-state index is 0.238. The SMILES string of the molecule is CC(C)C(C(N)=O)(c1cccnc1)c1cc2cn[nH]c2cc1F. The summed E-state index contributed by atoms with van der Waals surface area (Å²) in [5.41, 5.74) is 5.85. The van der Waals surface area contributed by atoms with Gasteiger partial charge in [0.15, 0.2) is 0 Å². The highest BCUT2D eigenvalue weighted by atomic mass is 19.1. The summed E-state index contributed by atoms with van der Waals surface area (Å²) in [6.07, 6.45) is 4.75. The Kier molecular flexibility index (Phi) is 3.60. The van der Waals surface area contributed by atoms with Crippen LogP contribution in [0.2, 0.25) is 0 Å². The first-order valence-corrected chi connectivity index (χ1v) is 7.31. The number of fused-ring (bicyclic) bond motifs is 1. The van der Waals surface area contributed by atoms with E-state index in [0.717, 1.165) is 5.39 Å². The van der Waals surface area contributed by atoms with E-state index in [0.29, 0.717) is 11.1 Å². The second-order valence-electron chi connectivity index (χ2n) is 5.86. The Balaban J connectivity index is 2.38. The maximum Gasteiger partial charge on any atom is 0.232 e. The van der Waals surface area contributed by atoms with Gasteiger partial charge in [0, 0.05) is 23.3 Å². The van der Waals surface area contributed by atoms with Gasteiger partial charge >= 0.3 is 0 Å². The van der Waals surface area contributed by atoms with Crippen molar-refractivity contribution in [2.24, 2.45) is 11.7 Å². The van der Waals surface area contributed by atoms with Gasteiger partial charge in [0.1, 0.15) is 11.2 Å². The number of hydrogen-bond donors (Lipinski definition) is 2. The fraction of sp³-hybridized carbons (Fsp3) is 0.235. The Labute approximate surface area is 132 Å². The van der Waals surface area contributed by atoms with Crippen molar-refractivity contribution in [1.82, 2.24) is 15.2 Å². The second-order valence-corrected chi connectivity index (χ2v) is 5.86. The van der Waals surface area contributed by atoms with Crippen LogP contribution in [0, 0.1) is 11.7 Å². The first-order valence-electron chi connectivity index (χ1n) is 7.31. The number of nitrogens with one attached hydrogen (secondary N) is 1. The number of aromatic amines is 1. The molecule has 0 radical (unpaired) electrons. The van der Waals surface area contributed by atoms with Crippen molar-refractivity contribution in [2.45, 2.75) is 19.3 Å². The molecule has 1 unspecified atom stereocenters. The van der Waals surface area contributed by atoms with Crippen molar-refractivity contribution >= 4 is 16.8 Å². The molecule has 0 fully saturated rings. The zero-order chi connectivity index (χ0) is 16.6. The number of halogens is 1. The summed E-state index contributed by atoms with van der Waals surface area (Å²) < 4.78 is 14.8. The normalized spacial score (nSPS) is 14.1. The van der Waals surface area contributed by atoms with E-state index in [4.69, 9.17) is 5.73 Å². The van der Waals surface area contributed by atoms with Crippen molar-refractivity contribution in [3.63, 3.8) is 0 Å². The van der Waals surface area contributed by atoms with E-state index in [2.05, 4.69) is 15.2 Å². The predicted molar refractivity (Wildman–Crippen MR) is 85.1 cm³/mol. The van der Waals surface area contributed by atoms with Crippen molar-refractivity contribution < 1.29 is 9.18 Å². The molecule has 0 spiro atoms. The average Bonchev–Trinajstić information content (AvgIpc) is 2.95. The molecule has 23 heavy (non-hydrogen) atoms. The predicted octanol–water partition coefficient (Wildman–Crippen LogP) is 2.52. The minimum Gasteiger partial charge on any atom is -0.369 e. The highest BCUT2D eigenvalue weighted by molar-refractivity contribution is 5.93. The second kappa shape index (κ2) is 5.46. The van der Waals surface area contributed by atoms with Crippen molar-refractivity contribution in [3.05, 3.63) is 59.8 Å². The summed E-state index contributed by atoms with van der Waals surface area (Å²) in [5, 5.41) is 7.35. The molecule has 1 amide bonds. The zero-order valence-corrected chi connectivity index (χ0v) is 12.9. The fourth-order valence-corrected chi connectivity index (χ4v) is 3.22. The van der Waals surface area contributed by atoms with Gasteiger partial charge < -0.3 is 5.73 Å². The molecule has 3 rings (SSSR count). The Morgan fingerprint density at radius 2 is 2.13 bits per heavy atom. The Morgan fingerprint density at radius 1 is 1.35 bits per heavy atom.